The fourth-order valence-corrected chi connectivity index (χ4v) is 10.5. The predicted octanol–water partition coefficient (Wildman–Crippen LogP) is 8.82. The van der Waals surface area contributed by atoms with Crippen molar-refractivity contribution >= 4 is 35.7 Å². The van der Waals surface area contributed by atoms with Crippen LogP contribution in [0.15, 0.2) is 73.3 Å². The number of anilines is 2. The second kappa shape index (κ2) is 28.8. The molecular formula is C60H75ClF4N12O5. The Morgan fingerprint density at radius 3 is 1.43 bits per heavy atom. The van der Waals surface area contributed by atoms with E-state index < -0.39 is 29.2 Å². The van der Waals surface area contributed by atoms with Crippen LogP contribution in [0.3, 0.4) is 0 Å². The standard InChI is InChI=1S/C30H36F2N6O2.C26H29F2N5O.C4H9NO2.ClH/c1-19(2)38-11-12-40-30-24(31)13-22(14-26(30)38)29-25(32)17-34-27(35-29)15-23-6-5-21(16-33-23)20-7-9-37(10-8-20)28(39)18-36(3)4;1-16(2)33-9-10-34-26-21(27)11-19(12-23(26)33)25-22(28)15-31-24(32-25)13-20-4-3-18(14-30-20)17-5-7-29-8-6-17;1-5(2)3-4(6)7;/h5-6,13-14,16-17,19-20H,7-12,15,18H2,1-4H3;3-4,11-12,14-17,29H,5-10,13H2,1-2H3;3H2,1-2H3,(H,6,7);1H. The Labute approximate surface area is 483 Å². The molecule has 4 aliphatic rings. The van der Waals surface area contributed by atoms with Crippen LogP contribution in [-0.2, 0) is 22.4 Å². The van der Waals surface area contributed by atoms with Gasteiger partial charge in [0, 0.05) is 60.1 Å². The molecule has 0 atom stereocenters. The third-order valence-electron chi connectivity index (χ3n) is 14.6. The van der Waals surface area contributed by atoms with Crippen LogP contribution in [0.2, 0.25) is 0 Å². The molecule has 440 valence electrons. The normalized spacial score (nSPS) is 15.4. The summed E-state index contributed by atoms with van der Waals surface area (Å²) in [5, 5.41) is 11.4. The Morgan fingerprint density at radius 1 is 0.610 bits per heavy atom. The lowest BCUT2D eigenvalue weighted by Gasteiger charge is -2.34. The molecule has 10 rings (SSSR count). The number of nitrogens with one attached hydrogen (secondary N) is 1. The van der Waals surface area contributed by atoms with Crippen molar-refractivity contribution in [2.75, 3.05) is 104 Å². The molecule has 0 spiro atoms. The average molecular weight is 1160 g/mol. The van der Waals surface area contributed by atoms with Gasteiger partial charge in [0.25, 0.3) is 0 Å². The zero-order valence-electron chi connectivity index (χ0n) is 48.0. The van der Waals surface area contributed by atoms with E-state index in [1.54, 1.807) is 31.1 Å². The Kier molecular flexibility index (Phi) is 21.9. The second-order valence-electron chi connectivity index (χ2n) is 21.9. The number of carbonyl (C=O) groups is 2. The molecule has 8 heterocycles. The number of rotatable bonds is 14. The molecule has 2 fully saturated rings. The number of carboxylic acid groups (broad SMARTS) is 1. The minimum Gasteiger partial charge on any atom is -0.486 e. The van der Waals surface area contributed by atoms with Gasteiger partial charge in [0.05, 0.1) is 62.8 Å². The van der Waals surface area contributed by atoms with E-state index in [-0.39, 0.29) is 59.8 Å². The molecule has 1 amide bonds. The lowest BCUT2D eigenvalue weighted by molar-refractivity contribution is -0.137. The summed E-state index contributed by atoms with van der Waals surface area (Å²) in [5.74, 6) is -0.770. The maximum Gasteiger partial charge on any atom is 0.317 e. The number of fused-ring (bicyclic) bond motifs is 2. The molecular weight excluding hydrogens is 1080 g/mol. The average Bonchev–Trinajstić information content (AvgIpc) is 3.57. The SMILES string of the molecule is CC(C)N1CCOc2c(F)cc(-c3nc(Cc4ccc(C5CCN(C(=O)CN(C)C)CC5)cn4)ncc3F)cc21.CC(C)N1CCOc2c(F)cc(-c3nc(Cc4ccc(C5CCNCC5)cn4)ncc3F)cc21.CN(C)CC(=O)O.Cl. The summed E-state index contributed by atoms with van der Waals surface area (Å²) >= 11 is 0. The first-order valence-electron chi connectivity index (χ1n) is 27.7. The lowest BCUT2D eigenvalue weighted by atomic mass is 9.90. The molecule has 0 unspecified atom stereocenters. The van der Waals surface area contributed by atoms with Crippen molar-refractivity contribution in [3.05, 3.63) is 131 Å². The second-order valence-corrected chi connectivity index (χ2v) is 21.9. The number of hydrogen-bond acceptors (Lipinski definition) is 15. The maximum atomic E-state index is 15.0. The van der Waals surface area contributed by atoms with Crippen LogP contribution in [0.25, 0.3) is 22.5 Å². The van der Waals surface area contributed by atoms with Crippen LogP contribution in [0.4, 0.5) is 28.9 Å². The zero-order valence-corrected chi connectivity index (χ0v) is 48.8. The number of likely N-dealkylation sites (N-methyl/N-ethyl adjacent to an activating group) is 2. The summed E-state index contributed by atoms with van der Waals surface area (Å²) in [4.78, 5) is 58.1. The van der Waals surface area contributed by atoms with Crippen molar-refractivity contribution in [2.24, 2.45) is 0 Å². The van der Waals surface area contributed by atoms with Crippen molar-refractivity contribution in [1.82, 2.24) is 49.9 Å². The number of hydrogen-bond donors (Lipinski definition) is 2. The summed E-state index contributed by atoms with van der Waals surface area (Å²) in [7, 11) is 7.24. The Hall–Kier alpha value is -7.07. The third kappa shape index (κ3) is 16.1. The summed E-state index contributed by atoms with van der Waals surface area (Å²) < 4.78 is 70.6. The topological polar surface area (TPSA) is 178 Å². The van der Waals surface area contributed by atoms with Gasteiger partial charge in [0.15, 0.2) is 34.8 Å². The predicted molar refractivity (Wildman–Crippen MR) is 310 cm³/mol. The summed E-state index contributed by atoms with van der Waals surface area (Å²) in [6.07, 6.45) is 10.8. The number of ether oxygens (including phenoxy) is 2. The van der Waals surface area contributed by atoms with Crippen molar-refractivity contribution in [2.45, 2.75) is 90.1 Å². The van der Waals surface area contributed by atoms with Crippen molar-refractivity contribution in [3.8, 4) is 34.0 Å². The van der Waals surface area contributed by atoms with E-state index in [1.807, 2.05) is 81.0 Å². The van der Waals surface area contributed by atoms with Gasteiger partial charge in [0.1, 0.15) is 36.3 Å². The number of likely N-dealkylation sites (tertiary alicyclic amines) is 1. The molecule has 2 N–H and O–H groups in total. The number of halogens is 5. The fourth-order valence-electron chi connectivity index (χ4n) is 10.5. The summed E-state index contributed by atoms with van der Waals surface area (Å²) in [6.45, 7) is 14.3. The van der Waals surface area contributed by atoms with Crippen molar-refractivity contribution < 1.29 is 41.7 Å². The van der Waals surface area contributed by atoms with Crippen LogP contribution in [0.1, 0.15) is 99.4 Å². The van der Waals surface area contributed by atoms with Gasteiger partial charge < -0.3 is 39.5 Å². The van der Waals surface area contributed by atoms with E-state index >= 15 is 0 Å². The molecule has 17 nitrogen and oxygen atoms in total. The lowest BCUT2D eigenvalue weighted by Crippen LogP contribution is -2.42. The molecule has 0 bridgehead atoms. The van der Waals surface area contributed by atoms with E-state index in [9.17, 15) is 27.2 Å². The van der Waals surface area contributed by atoms with Crippen LogP contribution < -0.4 is 24.6 Å². The quantitative estimate of drug-likeness (QED) is 0.0988. The van der Waals surface area contributed by atoms with Gasteiger partial charge in [-0.3, -0.25) is 24.5 Å². The highest BCUT2D eigenvalue weighted by Crippen LogP contribution is 2.41. The van der Waals surface area contributed by atoms with Gasteiger partial charge >= 0.3 is 5.97 Å². The van der Waals surface area contributed by atoms with Gasteiger partial charge in [-0.05, 0) is 154 Å². The smallest absolute Gasteiger partial charge is 0.317 e. The van der Waals surface area contributed by atoms with E-state index in [2.05, 4.69) is 52.3 Å². The van der Waals surface area contributed by atoms with Crippen molar-refractivity contribution in [1.29, 1.82) is 0 Å². The van der Waals surface area contributed by atoms with Crippen LogP contribution in [0, 0.1) is 23.3 Å². The third-order valence-corrected chi connectivity index (χ3v) is 14.6. The number of aliphatic carboxylic acids is 1. The van der Waals surface area contributed by atoms with E-state index in [0.717, 1.165) is 81.2 Å². The highest BCUT2D eigenvalue weighted by Gasteiger charge is 2.29. The first-order valence-corrected chi connectivity index (χ1v) is 27.7. The number of carbonyl (C=O) groups excluding carboxylic acids is 1. The molecule has 0 saturated carbocycles. The minimum atomic E-state index is -0.787. The van der Waals surface area contributed by atoms with Crippen LogP contribution >= 0.6 is 12.4 Å². The number of aromatic nitrogens is 6. The first kappa shape index (κ1) is 62.5. The largest absolute Gasteiger partial charge is 0.486 e. The molecule has 4 aromatic heterocycles. The zero-order chi connectivity index (χ0) is 57.9. The minimum absolute atomic E-state index is 0. The molecule has 6 aromatic rings. The van der Waals surface area contributed by atoms with Crippen molar-refractivity contribution in [3.63, 3.8) is 0 Å². The first-order chi connectivity index (χ1) is 38.8. The van der Waals surface area contributed by atoms with Gasteiger partial charge in [0.2, 0.25) is 5.91 Å². The molecule has 4 aliphatic heterocycles. The molecule has 0 radical (unpaired) electrons. The molecule has 0 aliphatic carbocycles. The molecule has 2 aromatic carbocycles. The number of piperidine rings is 2. The Balaban J connectivity index is 0.000000211. The van der Waals surface area contributed by atoms with E-state index in [4.69, 9.17) is 14.6 Å². The molecule has 2 saturated heterocycles. The van der Waals surface area contributed by atoms with Gasteiger partial charge in [-0.1, -0.05) is 12.1 Å². The van der Waals surface area contributed by atoms with Gasteiger partial charge in [-0.15, -0.1) is 12.4 Å². The Bertz CT molecular complexity index is 3110. The highest BCUT2D eigenvalue weighted by atomic mass is 35.5. The molecule has 22 heteroatoms. The van der Waals surface area contributed by atoms with Crippen LogP contribution in [-0.4, -0.2) is 167 Å². The number of amides is 1. The van der Waals surface area contributed by atoms with E-state index in [0.29, 0.717) is 91.7 Å². The van der Waals surface area contributed by atoms with E-state index in [1.165, 1.54) is 17.7 Å². The molecule has 82 heavy (non-hydrogen) atoms. The highest BCUT2D eigenvalue weighted by molar-refractivity contribution is 5.85. The monoisotopic (exact) mass is 1150 g/mol. The number of benzene rings is 2. The number of nitrogens with zero attached hydrogens (tertiary/aromatic N) is 11. The van der Waals surface area contributed by atoms with Gasteiger partial charge in [-0.25, -0.2) is 37.5 Å². The maximum absolute atomic E-state index is 15.0. The number of carboxylic acids is 1. The fraction of sp³-hybridized carbons (Fsp3) is 0.467. The van der Waals surface area contributed by atoms with Crippen LogP contribution in [0.5, 0.6) is 11.5 Å². The summed E-state index contributed by atoms with van der Waals surface area (Å²) in [5.41, 5.74) is 6.00. The number of pyridine rings is 2. The summed E-state index contributed by atoms with van der Waals surface area (Å²) in [6, 6.07) is 14.4. The Morgan fingerprint density at radius 2 is 1.05 bits per heavy atom. The van der Waals surface area contributed by atoms with Gasteiger partial charge in [-0.2, -0.15) is 0 Å².